The van der Waals surface area contributed by atoms with Crippen molar-refractivity contribution in [1.29, 1.82) is 0 Å². The molecule has 0 atom stereocenters. The monoisotopic (exact) mass is 756 g/mol. The Hall–Kier alpha value is -7.22. The molecule has 7 heteroatoms. The topological polar surface area (TPSA) is 52.4 Å². The summed E-state index contributed by atoms with van der Waals surface area (Å²) in [5, 5.41) is 2.50. The molecule has 0 saturated carbocycles. The Labute approximate surface area is 334 Å². The van der Waals surface area contributed by atoms with Crippen LogP contribution in [0.15, 0.2) is 182 Å². The molecule has 274 valence electrons. The molecule has 2 aromatic heterocycles. The zero-order chi connectivity index (χ0) is 38.3. The van der Waals surface area contributed by atoms with Gasteiger partial charge >= 0.3 is 0 Å². The zero-order valence-electron chi connectivity index (χ0n) is 31.3. The van der Waals surface area contributed by atoms with E-state index in [0.29, 0.717) is 0 Å². The predicted octanol–water partition coefficient (Wildman–Crippen LogP) is 13.3. The van der Waals surface area contributed by atoms with E-state index >= 15 is 0 Å². The summed E-state index contributed by atoms with van der Waals surface area (Å²) in [6, 6.07) is 64.0. The van der Waals surface area contributed by atoms with Gasteiger partial charge in [-0.1, -0.05) is 97.1 Å². The van der Waals surface area contributed by atoms with Crippen LogP contribution < -0.4 is 14.4 Å². The van der Waals surface area contributed by atoms with Crippen LogP contribution >= 0.6 is 11.7 Å². The molecule has 0 fully saturated rings. The lowest BCUT2D eigenvalue weighted by Gasteiger charge is -2.26. The summed E-state index contributed by atoms with van der Waals surface area (Å²) in [5.41, 5.74) is 14.8. The van der Waals surface area contributed by atoms with E-state index in [2.05, 4.69) is 167 Å². The van der Waals surface area contributed by atoms with Crippen molar-refractivity contribution in [2.24, 2.45) is 0 Å². The third-order valence-corrected chi connectivity index (χ3v) is 11.3. The minimum atomic E-state index is 0.836. The van der Waals surface area contributed by atoms with Gasteiger partial charge in [-0.2, -0.15) is 8.75 Å². The first-order valence-corrected chi connectivity index (χ1v) is 19.5. The molecule has 0 N–H and O–H groups in total. The molecule has 0 aliphatic heterocycles. The van der Waals surface area contributed by atoms with E-state index in [0.717, 1.165) is 78.7 Å². The molecule has 8 aromatic carbocycles. The highest BCUT2D eigenvalue weighted by Crippen LogP contribution is 2.43. The van der Waals surface area contributed by atoms with Gasteiger partial charge in [-0.25, -0.2) is 0 Å². The molecule has 2 heterocycles. The van der Waals surface area contributed by atoms with E-state index in [1.807, 2.05) is 24.3 Å². The van der Waals surface area contributed by atoms with Crippen LogP contribution in [0, 0.1) is 0 Å². The minimum absolute atomic E-state index is 0.836. The third-order valence-electron chi connectivity index (χ3n) is 10.7. The average molecular weight is 757 g/mol. The number of hydrogen-bond donors (Lipinski definition) is 0. The quantitative estimate of drug-likeness (QED) is 0.147. The normalized spacial score (nSPS) is 11.3. The van der Waals surface area contributed by atoms with Crippen LogP contribution in [0.5, 0.6) is 11.5 Å². The predicted molar refractivity (Wildman–Crippen MR) is 236 cm³/mol. The summed E-state index contributed by atoms with van der Waals surface area (Å²) in [5.74, 6) is 1.67. The van der Waals surface area contributed by atoms with Crippen LogP contribution in [0.3, 0.4) is 0 Å². The van der Waals surface area contributed by atoms with Gasteiger partial charge in [0.05, 0.1) is 42.7 Å². The first kappa shape index (κ1) is 34.3. The Morgan fingerprint density at radius 3 is 1.37 bits per heavy atom. The highest BCUT2D eigenvalue weighted by atomic mass is 32.1. The fourth-order valence-corrected chi connectivity index (χ4v) is 8.43. The number of aromatic nitrogens is 3. The average Bonchev–Trinajstić information content (AvgIpc) is 3.91. The summed E-state index contributed by atoms with van der Waals surface area (Å²) >= 11 is 1.24. The number of para-hydroxylation sites is 2. The van der Waals surface area contributed by atoms with Crippen LogP contribution in [0.25, 0.3) is 71.9 Å². The molecule has 0 aliphatic carbocycles. The summed E-state index contributed by atoms with van der Waals surface area (Å²) in [6.07, 6.45) is 0. The summed E-state index contributed by atoms with van der Waals surface area (Å²) in [6.45, 7) is 0. The number of rotatable bonds is 9. The third kappa shape index (κ3) is 6.15. The molecule has 0 aliphatic rings. The largest absolute Gasteiger partial charge is 0.497 e. The Balaban J connectivity index is 1.04. The molecule has 0 spiro atoms. The second kappa shape index (κ2) is 14.5. The zero-order valence-corrected chi connectivity index (χ0v) is 32.2. The van der Waals surface area contributed by atoms with Gasteiger partial charge < -0.3 is 18.9 Å². The van der Waals surface area contributed by atoms with Gasteiger partial charge in [0.15, 0.2) is 0 Å². The number of methoxy groups -OCH3 is 2. The number of anilines is 3. The second-order valence-electron chi connectivity index (χ2n) is 13.9. The number of hydrogen-bond acceptors (Lipinski definition) is 6. The molecule has 0 saturated heterocycles. The lowest BCUT2D eigenvalue weighted by atomic mass is 10.0. The Morgan fingerprint density at radius 2 is 0.877 bits per heavy atom. The smallest absolute Gasteiger partial charge is 0.129 e. The van der Waals surface area contributed by atoms with Gasteiger partial charge in [0.1, 0.15) is 22.5 Å². The van der Waals surface area contributed by atoms with Crippen molar-refractivity contribution in [2.75, 3.05) is 19.1 Å². The first-order valence-electron chi connectivity index (χ1n) is 18.8. The van der Waals surface area contributed by atoms with Crippen molar-refractivity contribution in [3.63, 3.8) is 0 Å². The van der Waals surface area contributed by atoms with Crippen LogP contribution in [0.1, 0.15) is 0 Å². The van der Waals surface area contributed by atoms with E-state index < -0.39 is 0 Å². The van der Waals surface area contributed by atoms with Gasteiger partial charge in [-0.15, -0.1) is 0 Å². The molecule has 10 rings (SSSR count). The van der Waals surface area contributed by atoms with Crippen LogP contribution in [0.4, 0.5) is 17.1 Å². The Morgan fingerprint density at radius 1 is 0.439 bits per heavy atom. The number of nitrogens with zero attached hydrogens (tertiary/aromatic N) is 4. The lowest BCUT2D eigenvalue weighted by Crippen LogP contribution is -2.10. The summed E-state index contributed by atoms with van der Waals surface area (Å²) in [4.78, 5) is 2.27. The van der Waals surface area contributed by atoms with Crippen LogP contribution in [-0.4, -0.2) is 27.5 Å². The van der Waals surface area contributed by atoms with Gasteiger partial charge in [0, 0.05) is 33.4 Å². The SMILES string of the molecule is COc1ccc(-c2ccc(N(c3ccc(-c4ccc(OC)cc4)cc3)c3ccc(-c4ccc(-n5c6ccccc6c6ccccc65)cc4)c4nsnc34)cc2)cc1. The van der Waals surface area contributed by atoms with E-state index in [9.17, 15) is 0 Å². The van der Waals surface area contributed by atoms with Gasteiger partial charge in [-0.05, 0) is 113 Å². The van der Waals surface area contributed by atoms with Crippen LogP contribution in [0.2, 0.25) is 0 Å². The molecule has 0 bridgehead atoms. The van der Waals surface area contributed by atoms with Gasteiger partial charge in [0.25, 0.3) is 0 Å². The van der Waals surface area contributed by atoms with Gasteiger partial charge in [0.2, 0.25) is 0 Å². The summed E-state index contributed by atoms with van der Waals surface area (Å²) in [7, 11) is 3.37. The molecule has 0 unspecified atom stereocenters. The maximum Gasteiger partial charge on any atom is 0.129 e. The molecule has 6 nitrogen and oxygen atoms in total. The first-order chi connectivity index (χ1) is 28.2. The Bertz CT molecular complexity index is 2860. The lowest BCUT2D eigenvalue weighted by molar-refractivity contribution is 0.415. The maximum atomic E-state index is 5.39. The Kier molecular flexibility index (Phi) is 8.69. The van der Waals surface area contributed by atoms with E-state index in [4.69, 9.17) is 18.2 Å². The molecule has 0 radical (unpaired) electrons. The second-order valence-corrected chi connectivity index (χ2v) is 14.4. The molecule has 10 aromatic rings. The molecular weight excluding hydrogens is 721 g/mol. The highest BCUT2D eigenvalue weighted by Gasteiger charge is 2.21. The van der Waals surface area contributed by atoms with Crippen LogP contribution in [-0.2, 0) is 0 Å². The fraction of sp³-hybridized carbons (Fsp3) is 0.0400. The molecule has 57 heavy (non-hydrogen) atoms. The van der Waals surface area contributed by atoms with Gasteiger partial charge in [-0.3, -0.25) is 0 Å². The van der Waals surface area contributed by atoms with E-state index in [1.54, 1.807) is 14.2 Å². The van der Waals surface area contributed by atoms with Crippen molar-refractivity contribution in [3.8, 4) is 50.6 Å². The minimum Gasteiger partial charge on any atom is -0.497 e. The number of benzene rings is 8. The molecular formula is C50H36N4O2S. The van der Waals surface area contributed by atoms with Crippen molar-refractivity contribution >= 4 is 61.6 Å². The standard InChI is InChI=1S/C50H36N4O2S/c1-55-41-27-17-35(18-28-41)33-11-21-38(22-12-33)53(39-23-13-34(14-24-39)36-19-29-42(56-2)30-20-36)48-32-31-43(49-50(48)52-57-51-49)37-15-25-40(26-16-37)54-46-9-5-3-7-44(46)45-8-4-6-10-47(45)54/h3-32H,1-2H3. The van der Waals surface area contributed by atoms with Crippen molar-refractivity contribution in [2.45, 2.75) is 0 Å². The number of ether oxygens (including phenoxy) is 2. The maximum absolute atomic E-state index is 5.39. The summed E-state index contributed by atoms with van der Waals surface area (Å²) < 4.78 is 22.9. The molecule has 0 amide bonds. The van der Waals surface area contributed by atoms with E-state index in [-0.39, 0.29) is 0 Å². The van der Waals surface area contributed by atoms with Crippen molar-refractivity contribution in [3.05, 3.63) is 182 Å². The number of fused-ring (bicyclic) bond motifs is 4. The van der Waals surface area contributed by atoms with Crippen molar-refractivity contribution in [1.82, 2.24) is 13.3 Å². The van der Waals surface area contributed by atoms with Crippen molar-refractivity contribution < 1.29 is 9.47 Å². The van der Waals surface area contributed by atoms with E-state index in [1.165, 1.54) is 33.5 Å². The fourth-order valence-electron chi connectivity index (χ4n) is 7.86. The highest BCUT2D eigenvalue weighted by molar-refractivity contribution is 7.00.